The average Bonchev–Trinajstić information content (AvgIpc) is 2.62. The van der Waals surface area contributed by atoms with E-state index in [0.29, 0.717) is 0 Å². The number of carbonyl (C=O) groups is 2. The summed E-state index contributed by atoms with van der Waals surface area (Å²) in [6.07, 6.45) is 1.25. The van der Waals surface area contributed by atoms with E-state index in [1.807, 2.05) is 33.9 Å². The second-order valence-corrected chi connectivity index (χ2v) is 10.9. The zero-order chi connectivity index (χ0) is 13.4. The van der Waals surface area contributed by atoms with Crippen LogP contribution in [0.3, 0.4) is 0 Å². The molecule has 1 heterocycles. The maximum absolute atomic E-state index is 12.4. The molecule has 1 aromatic heterocycles. The number of aromatic carboxylic acids is 1. The maximum Gasteiger partial charge on any atom is 0.372 e. The highest BCUT2D eigenvalue weighted by Crippen LogP contribution is 2.38. The van der Waals surface area contributed by atoms with E-state index in [9.17, 15) is 9.59 Å². The van der Waals surface area contributed by atoms with Crippen LogP contribution in [-0.4, -0.2) is 24.6 Å². The van der Waals surface area contributed by atoms with Gasteiger partial charge in [0.25, 0.3) is 0 Å². The number of hydrogen-bond acceptors (Lipinski definition) is 3. The Bertz CT molecular complexity index is 451. The molecule has 0 bridgehead atoms. The van der Waals surface area contributed by atoms with Crippen molar-refractivity contribution >= 4 is 19.4 Å². The number of carboxylic acid groups (broad SMARTS) is 1. The molecule has 5 heteroatoms. The topological polar surface area (TPSA) is 67.5 Å². The molecule has 0 aliphatic heterocycles. The summed E-state index contributed by atoms with van der Waals surface area (Å²) in [5.74, 6) is -1.45. The molecule has 0 fully saturated rings. The Hall–Kier alpha value is -1.36. The normalized spacial score (nSPS) is 12.5. The first-order chi connectivity index (χ1) is 7.59. The molecule has 0 atom stereocenters. The Labute approximate surface area is 102 Å². The number of hydrogen-bond donors (Lipinski definition) is 1. The van der Waals surface area contributed by atoms with Crippen LogP contribution in [0.4, 0.5) is 0 Å². The predicted molar refractivity (Wildman–Crippen MR) is 67.2 cm³/mol. The summed E-state index contributed by atoms with van der Waals surface area (Å²) < 4.78 is 4.86. The minimum Gasteiger partial charge on any atom is -0.475 e. The van der Waals surface area contributed by atoms with Gasteiger partial charge in [0, 0.05) is 0 Å². The molecule has 1 N–H and O–H groups in total. The zero-order valence-electron chi connectivity index (χ0n) is 10.8. The van der Waals surface area contributed by atoms with Gasteiger partial charge in [-0.15, -0.1) is 0 Å². The van der Waals surface area contributed by atoms with Gasteiger partial charge in [0.15, 0.2) is 0 Å². The molecule has 4 nitrogen and oxygen atoms in total. The van der Waals surface area contributed by atoms with Gasteiger partial charge in [0.2, 0.25) is 5.76 Å². The van der Waals surface area contributed by atoms with Gasteiger partial charge in [-0.1, -0.05) is 33.9 Å². The fraction of sp³-hybridized carbons (Fsp3) is 0.500. The van der Waals surface area contributed by atoms with Crippen molar-refractivity contribution in [3.05, 3.63) is 23.7 Å². The van der Waals surface area contributed by atoms with Gasteiger partial charge in [0.05, 0.1) is 11.8 Å². The summed E-state index contributed by atoms with van der Waals surface area (Å²) in [7, 11) is -2.25. The Balaban J connectivity index is 3.22. The van der Waals surface area contributed by atoms with Crippen molar-refractivity contribution in [1.29, 1.82) is 0 Å². The first-order valence-corrected chi connectivity index (χ1v) is 8.44. The van der Waals surface area contributed by atoms with Crippen molar-refractivity contribution < 1.29 is 19.1 Å². The molecule has 0 spiro atoms. The summed E-state index contributed by atoms with van der Waals surface area (Å²) in [5, 5.41) is 8.74. The van der Waals surface area contributed by atoms with Crippen molar-refractivity contribution in [1.82, 2.24) is 0 Å². The van der Waals surface area contributed by atoms with E-state index in [1.165, 1.54) is 12.3 Å². The molecule has 0 saturated heterocycles. The maximum atomic E-state index is 12.4. The second-order valence-electron chi connectivity index (χ2n) is 5.67. The quantitative estimate of drug-likeness (QED) is 0.841. The van der Waals surface area contributed by atoms with E-state index in [2.05, 4.69) is 0 Å². The fourth-order valence-corrected chi connectivity index (χ4v) is 2.88. The van der Waals surface area contributed by atoms with E-state index in [-0.39, 0.29) is 21.8 Å². The average molecular weight is 254 g/mol. The van der Waals surface area contributed by atoms with Crippen LogP contribution in [0.5, 0.6) is 0 Å². The molecule has 0 saturated carbocycles. The molecule has 94 valence electrons. The number of furan rings is 1. The summed E-state index contributed by atoms with van der Waals surface area (Å²) in [4.78, 5) is 23.4. The third-order valence-corrected chi connectivity index (χ3v) is 8.70. The molecule has 0 radical (unpaired) electrons. The Morgan fingerprint density at radius 2 is 1.82 bits per heavy atom. The van der Waals surface area contributed by atoms with Crippen LogP contribution < -0.4 is 0 Å². The number of carbonyl (C=O) groups excluding carboxylic acids is 1. The molecule has 0 aromatic carbocycles. The molecule has 1 aromatic rings. The molecule has 1 rings (SSSR count). The monoisotopic (exact) mass is 254 g/mol. The molecule has 0 aliphatic rings. The van der Waals surface area contributed by atoms with Crippen molar-refractivity contribution in [3.8, 4) is 0 Å². The van der Waals surface area contributed by atoms with E-state index in [4.69, 9.17) is 9.52 Å². The van der Waals surface area contributed by atoms with Gasteiger partial charge >= 0.3 is 5.97 Å². The highest BCUT2D eigenvalue weighted by molar-refractivity contribution is 7.08. The first-order valence-electron chi connectivity index (χ1n) is 5.44. The Kier molecular flexibility index (Phi) is 3.34. The smallest absolute Gasteiger partial charge is 0.372 e. The standard InChI is InChI=1S/C12H18O4Si/c1-12(2,3)17(4,5)11(15)8-6-7-16-9(8)10(13)14/h6-7H,1-5H3,(H,13,14). The predicted octanol–water partition coefficient (Wildman–Crippen LogP) is 3.21. The lowest BCUT2D eigenvalue weighted by atomic mass is 10.2. The summed E-state index contributed by atoms with van der Waals surface area (Å²) in [5.41, 5.74) is 0.198. The van der Waals surface area contributed by atoms with E-state index in [1.54, 1.807) is 0 Å². The third-order valence-electron chi connectivity index (χ3n) is 3.55. The van der Waals surface area contributed by atoms with Crippen LogP contribution in [0.1, 0.15) is 41.7 Å². The van der Waals surface area contributed by atoms with Gasteiger partial charge in [-0.25, -0.2) is 4.79 Å². The van der Waals surface area contributed by atoms with Crippen LogP contribution in [0.15, 0.2) is 16.7 Å². The van der Waals surface area contributed by atoms with Gasteiger partial charge in [-0.2, -0.15) is 0 Å². The molecule has 17 heavy (non-hydrogen) atoms. The van der Waals surface area contributed by atoms with Crippen LogP contribution >= 0.6 is 0 Å². The largest absolute Gasteiger partial charge is 0.475 e. The minimum atomic E-state index is -2.25. The van der Waals surface area contributed by atoms with Crippen molar-refractivity contribution in [3.63, 3.8) is 0 Å². The molecule has 0 amide bonds. The Morgan fingerprint density at radius 1 is 1.29 bits per heavy atom. The highest BCUT2D eigenvalue weighted by Gasteiger charge is 2.44. The van der Waals surface area contributed by atoms with Gasteiger partial charge in [-0.05, 0) is 11.1 Å². The lowest BCUT2D eigenvalue weighted by Crippen LogP contribution is -2.46. The lowest BCUT2D eigenvalue weighted by Gasteiger charge is -2.34. The summed E-state index contributed by atoms with van der Waals surface area (Å²) in [6.45, 7) is 9.94. The lowest BCUT2D eigenvalue weighted by molar-refractivity contribution is 0.0658. The third kappa shape index (κ3) is 2.34. The highest BCUT2D eigenvalue weighted by atomic mass is 28.3. The molecular formula is C12H18O4Si. The first kappa shape index (κ1) is 13.7. The van der Waals surface area contributed by atoms with Gasteiger partial charge < -0.3 is 9.52 Å². The van der Waals surface area contributed by atoms with Crippen molar-refractivity contribution in [2.75, 3.05) is 0 Å². The van der Waals surface area contributed by atoms with Crippen LogP contribution in [0.25, 0.3) is 0 Å². The summed E-state index contributed by atoms with van der Waals surface area (Å²) in [6, 6.07) is 1.45. The SMILES string of the molecule is CC(C)(C)[Si](C)(C)C(=O)c1ccoc1C(=O)O. The van der Waals surface area contributed by atoms with E-state index in [0.717, 1.165) is 0 Å². The molecular weight excluding hydrogens is 236 g/mol. The minimum absolute atomic E-state index is 0.0730. The van der Waals surface area contributed by atoms with Crippen molar-refractivity contribution in [2.45, 2.75) is 38.9 Å². The second kappa shape index (κ2) is 4.14. The zero-order valence-corrected chi connectivity index (χ0v) is 11.8. The van der Waals surface area contributed by atoms with Gasteiger partial charge in [0.1, 0.15) is 13.5 Å². The van der Waals surface area contributed by atoms with Crippen LogP contribution in [0, 0.1) is 0 Å². The van der Waals surface area contributed by atoms with E-state index >= 15 is 0 Å². The fourth-order valence-electron chi connectivity index (χ4n) is 1.33. The van der Waals surface area contributed by atoms with Crippen LogP contribution in [-0.2, 0) is 0 Å². The Morgan fingerprint density at radius 3 is 2.24 bits per heavy atom. The van der Waals surface area contributed by atoms with Crippen LogP contribution in [0.2, 0.25) is 18.1 Å². The summed E-state index contributed by atoms with van der Waals surface area (Å²) >= 11 is 0. The van der Waals surface area contributed by atoms with Gasteiger partial charge in [-0.3, -0.25) is 4.79 Å². The number of carboxylic acids is 1. The van der Waals surface area contributed by atoms with Crippen molar-refractivity contribution in [2.24, 2.45) is 0 Å². The number of rotatable bonds is 3. The molecule has 0 aliphatic carbocycles. The van der Waals surface area contributed by atoms with E-state index < -0.39 is 14.0 Å². The molecule has 0 unspecified atom stereocenters.